The van der Waals surface area contributed by atoms with Gasteiger partial charge in [0.1, 0.15) is 10.7 Å². The van der Waals surface area contributed by atoms with Gasteiger partial charge in [-0.1, -0.05) is 41.4 Å². The van der Waals surface area contributed by atoms with Crippen LogP contribution in [0.2, 0.25) is 5.15 Å². The molecule has 1 aliphatic rings. The first-order valence-electron chi connectivity index (χ1n) is 8.40. The Balaban J connectivity index is 1.68. The predicted octanol–water partition coefficient (Wildman–Crippen LogP) is 1.91. The average molecular weight is 391 g/mol. The van der Waals surface area contributed by atoms with Gasteiger partial charge in [0.25, 0.3) is 5.91 Å². The molecule has 1 aromatic carbocycles. The fraction of sp³-hybridized carbons (Fsp3) is 0.333. The number of hydrogen-bond acceptors (Lipinski definition) is 5. The van der Waals surface area contributed by atoms with Gasteiger partial charge >= 0.3 is 12.0 Å². The molecule has 9 heteroatoms. The molecule has 0 atom stereocenters. The summed E-state index contributed by atoms with van der Waals surface area (Å²) in [6.45, 7) is 4.14. The van der Waals surface area contributed by atoms with E-state index in [4.69, 9.17) is 16.3 Å². The van der Waals surface area contributed by atoms with Gasteiger partial charge in [-0.3, -0.25) is 9.69 Å². The van der Waals surface area contributed by atoms with Gasteiger partial charge in [0, 0.05) is 13.1 Å². The Labute approximate surface area is 161 Å². The summed E-state index contributed by atoms with van der Waals surface area (Å²) in [5.74, 6) is -1.33. The number of esters is 1. The zero-order valence-corrected chi connectivity index (χ0v) is 15.7. The Morgan fingerprint density at radius 3 is 2.59 bits per heavy atom. The van der Waals surface area contributed by atoms with Crippen LogP contribution >= 0.6 is 11.6 Å². The van der Waals surface area contributed by atoms with Crippen molar-refractivity contribution in [2.24, 2.45) is 0 Å². The van der Waals surface area contributed by atoms with Gasteiger partial charge < -0.3 is 10.1 Å². The third-order valence-corrected chi connectivity index (χ3v) is 4.59. The maximum atomic E-state index is 12.4. The van der Waals surface area contributed by atoms with Gasteiger partial charge in [0.15, 0.2) is 6.61 Å². The van der Waals surface area contributed by atoms with Crippen LogP contribution in [0, 0.1) is 13.8 Å². The summed E-state index contributed by atoms with van der Waals surface area (Å²) in [5.41, 5.74) is 2.65. The van der Waals surface area contributed by atoms with Gasteiger partial charge in [0.2, 0.25) is 0 Å². The molecule has 1 aliphatic heterocycles. The number of amides is 3. The second kappa shape index (κ2) is 7.79. The van der Waals surface area contributed by atoms with E-state index in [1.54, 1.807) is 6.92 Å². The summed E-state index contributed by atoms with van der Waals surface area (Å²) < 4.78 is 6.55. The van der Waals surface area contributed by atoms with E-state index >= 15 is 0 Å². The number of benzene rings is 1. The lowest BCUT2D eigenvalue weighted by atomic mass is 10.1. The summed E-state index contributed by atoms with van der Waals surface area (Å²) in [5, 5.41) is 6.94. The van der Waals surface area contributed by atoms with Crippen LogP contribution in [0.15, 0.2) is 24.3 Å². The first-order chi connectivity index (χ1) is 12.9. The molecule has 0 aliphatic carbocycles. The largest absolute Gasteiger partial charge is 0.452 e. The highest BCUT2D eigenvalue weighted by Gasteiger charge is 2.28. The molecule has 1 fully saturated rings. The predicted molar refractivity (Wildman–Crippen MR) is 97.6 cm³/mol. The molecule has 1 aromatic heterocycles. The molecule has 0 unspecified atom stereocenters. The van der Waals surface area contributed by atoms with Crippen LogP contribution in [-0.4, -0.2) is 52.3 Å². The number of nitrogens with zero attached hydrogens (tertiary/aromatic N) is 3. The molecule has 0 spiro atoms. The second-order valence-electron chi connectivity index (χ2n) is 6.25. The lowest BCUT2D eigenvalue weighted by molar-refractivity contribution is -0.130. The van der Waals surface area contributed by atoms with Crippen LogP contribution in [0.3, 0.4) is 0 Å². The molecule has 1 saturated heterocycles. The first-order valence-corrected chi connectivity index (χ1v) is 8.78. The first kappa shape index (κ1) is 18.9. The van der Waals surface area contributed by atoms with Gasteiger partial charge in [0.05, 0.1) is 12.2 Å². The molecule has 3 rings (SSSR count). The molecule has 0 bridgehead atoms. The normalized spacial score (nSPS) is 13.6. The zero-order chi connectivity index (χ0) is 19.6. The van der Waals surface area contributed by atoms with Crippen LogP contribution in [0.1, 0.15) is 27.2 Å². The quantitative estimate of drug-likeness (QED) is 0.787. The average Bonchev–Trinajstić information content (AvgIpc) is 3.18. The molecular formula is C18H19ClN4O4. The number of aryl methyl sites for hydroxylation is 2. The lowest BCUT2D eigenvalue weighted by Crippen LogP contribution is -2.37. The van der Waals surface area contributed by atoms with Crippen molar-refractivity contribution in [3.8, 4) is 0 Å². The third kappa shape index (κ3) is 4.11. The topological polar surface area (TPSA) is 93.5 Å². The van der Waals surface area contributed by atoms with Crippen LogP contribution in [0.5, 0.6) is 0 Å². The van der Waals surface area contributed by atoms with E-state index in [1.807, 2.05) is 31.2 Å². The molecular weight excluding hydrogens is 372 g/mol. The summed E-state index contributed by atoms with van der Waals surface area (Å²) in [7, 11) is 0. The summed E-state index contributed by atoms with van der Waals surface area (Å²) in [6, 6.07) is 7.39. The zero-order valence-electron chi connectivity index (χ0n) is 15.0. The van der Waals surface area contributed by atoms with Crippen LogP contribution in [-0.2, 0) is 16.1 Å². The highest BCUT2D eigenvalue weighted by atomic mass is 35.5. The van der Waals surface area contributed by atoms with E-state index < -0.39 is 24.5 Å². The van der Waals surface area contributed by atoms with E-state index in [-0.39, 0.29) is 17.3 Å². The lowest BCUT2D eigenvalue weighted by Gasteiger charge is -2.12. The Morgan fingerprint density at radius 1 is 1.26 bits per heavy atom. The molecule has 3 amide bonds. The molecule has 1 N–H and O–H groups in total. The smallest absolute Gasteiger partial charge is 0.343 e. The standard InChI is InChI=1S/C18H19ClN4O4/c1-11-3-5-13(6-4-11)9-23-16(19)15(12(2)21-23)17(25)27-10-14(24)22-8-7-20-18(22)26/h3-6H,7-10H2,1-2H3,(H,20,26). The number of ether oxygens (including phenoxy) is 1. The fourth-order valence-electron chi connectivity index (χ4n) is 2.74. The number of aromatic nitrogens is 2. The molecule has 142 valence electrons. The van der Waals surface area contributed by atoms with E-state index in [0.717, 1.165) is 16.0 Å². The van der Waals surface area contributed by atoms with Crippen molar-refractivity contribution < 1.29 is 19.1 Å². The Bertz CT molecular complexity index is 892. The van der Waals surface area contributed by atoms with Gasteiger partial charge in [-0.2, -0.15) is 5.10 Å². The minimum atomic E-state index is -0.749. The third-order valence-electron chi connectivity index (χ3n) is 4.21. The monoisotopic (exact) mass is 390 g/mol. The minimum absolute atomic E-state index is 0.113. The fourth-order valence-corrected chi connectivity index (χ4v) is 3.05. The van der Waals surface area contributed by atoms with E-state index in [0.29, 0.717) is 18.8 Å². The Morgan fingerprint density at radius 2 is 1.96 bits per heavy atom. The van der Waals surface area contributed by atoms with E-state index in [1.165, 1.54) is 4.68 Å². The molecule has 2 aromatic rings. The molecule has 8 nitrogen and oxygen atoms in total. The van der Waals surface area contributed by atoms with Crippen molar-refractivity contribution in [1.29, 1.82) is 0 Å². The summed E-state index contributed by atoms with van der Waals surface area (Å²) in [6.07, 6.45) is 0. The van der Waals surface area contributed by atoms with Crippen molar-refractivity contribution in [1.82, 2.24) is 20.0 Å². The van der Waals surface area contributed by atoms with Crippen molar-refractivity contribution >= 4 is 29.5 Å². The number of hydrogen-bond donors (Lipinski definition) is 1. The molecule has 27 heavy (non-hydrogen) atoms. The second-order valence-corrected chi connectivity index (χ2v) is 6.61. The molecule has 0 saturated carbocycles. The van der Waals surface area contributed by atoms with Crippen LogP contribution in [0.25, 0.3) is 0 Å². The number of halogens is 1. The van der Waals surface area contributed by atoms with Crippen molar-refractivity contribution in [3.05, 3.63) is 51.8 Å². The number of nitrogens with one attached hydrogen (secondary N) is 1. The number of imide groups is 1. The van der Waals surface area contributed by atoms with Gasteiger partial charge in [-0.25, -0.2) is 14.3 Å². The number of carbonyl (C=O) groups excluding carboxylic acids is 3. The van der Waals surface area contributed by atoms with Crippen molar-refractivity contribution in [2.75, 3.05) is 19.7 Å². The highest BCUT2D eigenvalue weighted by Crippen LogP contribution is 2.22. The van der Waals surface area contributed by atoms with Gasteiger partial charge in [-0.15, -0.1) is 0 Å². The molecule has 2 heterocycles. The molecule has 0 radical (unpaired) electrons. The highest BCUT2D eigenvalue weighted by molar-refractivity contribution is 6.32. The van der Waals surface area contributed by atoms with Crippen molar-refractivity contribution in [3.63, 3.8) is 0 Å². The minimum Gasteiger partial charge on any atom is -0.452 e. The van der Waals surface area contributed by atoms with Gasteiger partial charge in [-0.05, 0) is 19.4 Å². The van der Waals surface area contributed by atoms with Crippen LogP contribution in [0.4, 0.5) is 4.79 Å². The maximum absolute atomic E-state index is 12.4. The summed E-state index contributed by atoms with van der Waals surface area (Å²) in [4.78, 5) is 36.8. The number of rotatable bonds is 5. The van der Waals surface area contributed by atoms with E-state index in [9.17, 15) is 14.4 Å². The van der Waals surface area contributed by atoms with Crippen LogP contribution < -0.4 is 5.32 Å². The van der Waals surface area contributed by atoms with E-state index in [2.05, 4.69) is 10.4 Å². The Kier molecular flexibility index (Phi) is 5.46. The van der Waals surface area contributed by atoms with Crippen molar-refractivity contribution in [2.45, 2.75) is 20.4 Å². The summed E-state index contributed by atoms with van der Waals surface area (Å²) >= 11 is 6.31. The maximum Gasteiger partial charge on any atom is 0.343 e. The SMILES string of the molecule is Cc1ccc(Cn2nc(C)c(C(=O)OCC(=O)N3CCNC3=O)c2Cl)cc1. The Hall–Kier alpha value is -2.87. The number of carbonyl (C=O) groups is 3. The number of urea groups is 1.